The Morgan fingerprint density at radius 3 is 2.10 bits per heavy atom. The smallest absolute Gasteiger partial charge is 0.330 e. The summed E-state index contributed by atoms with van der Waals surface area (Å²) < 4.78 is 27.6. The molecule has 0 radical (unpaired) electrons. The Kier molecular flexibility index (Phi) is 23.2. The number of amides is 8. The van der Waals surface area contributed by atoms with Crippen molar-refractivity contribution < 1.29 is 52.5 Å². The summed E-state index contributed by atoms with van der Waals surface area (Å²) >= 11 is 15.2. The molecule has 0 saturated carbocycles. The molecule has 2 aromatic carbocycles. The van der Waals surface area contributed by atoms with E-state index in [9.17, 15) is 28.8 Å². The van der Waals surface area contributed by atoms with Gasteiger partial charge in [-0.1, -0.05) is 36.2 Å². The Hall–Kier alpha value is -6.31. The summed E-state index contributed by atoms with van der Waals surface area (Å²) in [4.78, 5) is 91.6. The average molecular weight is 1160 g/mol. The number of ether oxygens (including phenoxy) is 5. The number of nitrogens with one attached hydrogen (secondary N) is 6. The molecule has 7 rings (SSSR count). The molecule has 3 aromatic rings. The van der Waals surface area contributed by atoms with Crippen LogP contribution in [0.1, 0.15) is 63.4 Å². The lowest BCUT2D eigenvalue weighted by Crippen LogP contribution is -2.48. The summed E-state index contributed by atoms with van der Waals surface area (Å²) in [6.45, 7) is 9.53. The first-order valence-corrected chi connectivity index (χ1v) is 28.4. The number of urea groups is 2. The molecule has 0 spiro atoms. The largest absolute Gasteiger partial charge is 0.495 e. The number of methoxy groups -OCH3 is 2. The van der Waals surface area contributed by atoms with E-state index in [-0.39, 0.29) is 88.4 Å². The second-order valence-electron chi connectivity index (χ2n) is 19.1. The Bertz CT molecular complexity index is 2600. The molecular weight excluding hydrogens is 1080 g/mol. The quantitative estimate of drug-likeness (QED) is 0.0251. The van der Waals surface area contributed by atoms with Crippen LogP contribution in [0.4, 0.5) is 44.1 Å². The number of benzene rings is 2. The summed E-state index contributed by atoms with van der Waals surface area (Å²) in [5, 5.41) is 18.5. The number of piperazine rings is 1. The Balaban J connectivity index is 0.719. The molecule has 4 aliphatic heterocycles. The van der Waals surface area contributed by atoms with Gasteiger partial charge in [-0.3, -0.25) is 29.0 Å². The maximum atomic E-state index is 13.8. The van der Waals surface area contributed by atoms with Gasteiger partial charge in [0, 0.05) is 113 Å². The minimum atomic E-state index is -0.456. The van der Waals surface area contributed by atoms with E-state index in [2.05, 4.69) is 53.3 Å². The van der Waals surface area contributed by atoms with Gasteiger partial charge in [-0.2, -0.15) is 16.7 Å². The van der Waals surface area contributed by atoms with Crippen molar-refractivity contribution >= 4 is 105 Å². The van der Waals surface area contributed by atoms with Crippen LogP contribution >= 0.6 is 35.0 Å². The summed E-state index contributed by atoms with van der Waals surface area (Å²) in [6, 6.07) is 6.95. The maximum absolute atomic E-state index is 13.8. The molecule has 79 heavy (non-hydrogen) atoms. The van der Waals surface area contributed by atoms with Crippen molar-refractivity contribution in [1.29, 1.82) is 0 Å². The fourth-order valence-electron chi connectivity index (χ4n) is 9.47. The van der Waals surface area contributed by atoms with Gasteiger partial charge >= 0.3 is 12.1 Å². The third-order valence-electron chi connectivity index (χ3n) is 13.7. The van der Waals surface area contributed by atoms with Gasteiger partial charge in [-0.25, -0.2) is 14.6 Å². The zero-order valence-electron chi connectivity index (χ0n) is 45.0. The number of aromatic nitrogens is 2. The molecule has 0 aliphatic carbocycles. The van der Waals surface area contributed by atoms with Gasteiger partial charge in [0.2, 0.25) is 29.6 Å². The summed E-state index contributed by atoms with van der Waals surface area (Å²) in [5.41, 5.74) is 2.57. The third kappa shape index (κ3) is 16.9. The van der Waals surface area contributed by atoms with Crippen molar-refractivity contribution in [2.45, 2.75) is 81.7 Å². The normalized spacial score (nSPS) is 17.6. The second-order valence-corrected chi connectivity index (χ2v) is 21.1. The first kappa shape index (κ1) is 60.3. The topological polar surface area (TPSA) is 259 Å². The van der Waals surface area contributed by atoms with E-state index in [1.54, 1.807) is 30.3 Å². The molecule has 3 unspecified atom stereocenters. The second kappa shape index (κ2) is 30.3. The standard InChI is InChI=1S/C53H72Cl2N12O11S/c1-5-42(68)59-37-29-35(15-16-36(37)60-51-58-31-34-32-67(53(73)64(2)50(34)63-51)49-46(54)39(74-3)30-40(75-4)47(49)55)65-19-21-66(22-20-65)45(71)14-8-13-44(70)57-18-10-24-77-26-28-78-27-25-76-23-9-17-56-43(69)12-7-6-11-41-48-38(33-79-41)61-52(72)62-48/h5,15-16,29-31,38,41,48H,1,6-14,17-28,32-33H2,2-4H3,(H,56,69)(H,57,70)(H,59,68)(H,58,60,63)(H2,61,62,72). The van der Waals surface area contributed by atoms with Crippen molar-refractivity contribution in [3.63, 3.8) is 0 Å². The lowest BCUT2D eigenvalue weighted by molar-refractivity contribution is -0.131. The Labute approximate surface area is 474 Å². The molecule has 0 bridgehead atoms. The van der Waals surface area contributed by atoms with Gasteiger partial charge in [0.1, 0.15) is 27.4 Å². The molecule has 6 N–H and O–H groups in total. The van der Waals surface area contributed by atoms with Crippen molar-refractivity contribution in [1.82, 2.24) is 36.1 Å². The molecule has 4 aliphatic rings. The zero-order valence-corrected chi connectivity index (χ0v) is 47.3. The van der Waals surface area contributed by atoms with Crippen LogP contribution in [0, 0.1) is 0 Å². The predicted octanol–water partition coefficient (Wildman–Crippen LogP) is 5.85. The molecular formula is C53H72Cl2N12O11S. The maximum Gasteiger partial charge on any atom is 0.330 e. The van der Waals surface area contributed by atoms with Gasteiger partial charge in [0.15, 0.2) is 0 Å². The van der Waals surface area contributed by atoms with Crippen LogP contribution in [0.15, 0.2) is 43.1 Å². The number of carbonyl (C=O) groups excluding carboxylic acids is 6. The number of thioether (sulfide) groups is 1. The van der Waals surface area contributed by atoms with E-state index in [0.29, 0.717) is 126 Å². The molecule has 8 amide bonds. The highest BCUT2D eigenvalue weighted by atomic mass is 35.5. The number of hydrogen-bond donors (Lipinski definition) is 6. The first-order valence-electron chi connectivity index (χ1n) is 26.6. The number of halogens is 2. The fraction of sp³-hybridized carbons (Fsp3) is 0.547. The van der Waals surface area contributed by atoms with Crippen LogP contribution in [0.3, 0.4) is 0 Å². The van der Waals surface area contributed by atoms with Gasteiger partial charge in [0.05, 0.1) is 76.3 Å². The highest BCUT2D eigenvalue weighted by Gasteiger charge is 2.42. The van der Waals surface area contributed by atoms with Crippen LogP contribution in [0.2, 0.25) is 10.0 Å². The van der Waals surface area contributed by atoms with E-state index >= 15 is 0 Å². The Morgan fingerprint density at radius 1 is 0.810 bits per heavy atom. The molecule has 1 aromatic heterocycles. The number of rotatable bonds is 31. The van der Waals surface area contributed by atoms with E-state index < -0.39 is 11.9 Å². The van der Waals surface area contributed by atoms with Gasteiger partial charge in [-0.15, -0.1) is 0 Å². The highest BCUT2D eigenvalue weighted by molar-refractivity contribution is 8.00. The fourth-order valence-corrected chi connectivity index (χ4v) is 11.7. The zero-order chi connectivity index (χ0) is 56.3. The molecule has 3 fully saturated rings. The number of anilines is 6. The molecule has 5 heterocycles. The molecule has 3 saturated heterocycles. The van der Waals surface area contributed by atoms with E-state index in [0.717, 1.165) is 37.1 Å². The number of carbonyl (C=O) groups is 6. The van der Waals surface area contributed by atoms with Crippen LogP contribution in [0.25, 0.3) is 0 Å². The summed E-state index contributed by atoms with van der Waals surface area (Å²) in [6.07, 6.45) is 8.36. The first-order chi connectivity index (χ1) is 38.3. The number of unbranched alkanes of at least 4 members (excludes halogenated alkanes) is 1. The summed E-state index contributed by atoms with van der Waals surface area (Å²) in [5.74, 6) is 1.53. The Morgan fingerprint density at radius 2 is 1.46 bits per heavy atom. The van der Waals surface area contributed by atoms with Crippen LogP contribution in [-0.2, 0) is 39.9 Å². The lowest BCUT2D eigenvalue weighted by Gasteiger charge is -2.36. The van der Waals surface area contributed by atoms with E-state index in [1.165, 1.54) is 30.1 Å². The van der Waals surface area contributed by atoms with Gasteiger partial charge in [0.25, 0.3) is 0 Å². The number of nitrogens with zero attached hydrogens (tertiary/aromatic N) is 6. The molecule has 26 heteroatoms. The molecule has 3 atom stereocenters. The highest BCUT2D eigenvalue weighted by Crippen LogP contribution is 2.48. The minimum absolute atomic E-state index is 0.0109. The third-order valence-corrected chi connectivity index (χ3v) is 16.0. The van der Waals surface area contributed by atoms with Gasteiger partial charge in [-0.05, 0) is 56.4 Å². The van der Waals surface area contributed by atoms with Crippen molar-refractivity contribution in [2.75, 3.05) is 131 Å². The minimum Gasteiger partial charge on any atom is -0.495 e. The average Bonchev–Trinajstić information content (AvgIpc) is 4.13. The number of fused-ring (bicyclic) bond motifs is 2. The monoisotopic (exact) mass is 1150 g/mol. The van der Waals surface area contributed by atoms with Crippen LogP contribution < -0.4 is 56.1 Å². The lowest BCUT2D eigenvalue weighted by atomic mass is 10.0. The molecule has 430 valence electrons. The van der Waals surface area contributed by atoms with Crippen molar-refractivity contribution in [3.05, 3.63) is 58.7 Å². The summed E-state index contributed by atoms with van der Waals surface area (Å²) in [7, 11) is 4.47. The van der Waals surface area contributed by atoms with Crippen LogP contribution in [0.5, 0.6) is 11.5 Å². The van der Waals surface area contributed by atoms with Gasteiger partial charge < -0.3 is 65.4 Å². The van der Waals surface area contributed by atoms with E-state index in [1.807, 2.05) is 23.9 Å². The van der Waals surface area contributed by atoms with E-state index in [4.69, 9.17) is 46.9 Å². The van der Waals surface area contributed by atoms with Crippen LogP contribution in [-0.4, -0.2) is 174 Å². The van der Waals surface area contributed by atoms with Crippen molar-refractivity contribution in [2.24, 2.45) is 0 Å². The van der Waals surface area contributed by atoms with Crippen molar-refractivity contribution in [3.8, 4) is 11.5 Å². The number of hydrogen-bond acceptors (Lipinski definition) is 16. The molecule has 23 nitrogen and oxygen atoms in total. The predicted molar refractivity (Wildman–Crippen MR) is 304 cm³/mol. The SMILES string of the molecule is C=CC(=O)Nc1cc(N2CCN(C(=O)CCCC(=O)NCCCOCCOCCOCCCNC(=O)CCCCC3SCC4NC(=O)NC43)CC2)ccc1Nc1ncc2c(n1)N(C)C(=O)N(c1c(Cl)c(OC)cc(OC)c1Cl)C2.